The van der Waals surface area contributed by atoms with Crippen molar-refractivity contribution in [3.63, 3.8) is 0 Å². The zero-order chi connectivity index (χ0) is 13.1. The van der Waals surface area contributed by atoms with Crippen molar-refractivity contribution in [1.29, 1.82) is 0 Å². The van der Waals surface area contributed by atoms with Gasteiger partial charge in [-0.15, -0.1) is 0 Å². The normalized spacial score (nSPS) is 10.4. The maximum Gasteiger partial charge on any atom is 0.228 e. The summed E-state index contributed by atoms with van der Waals surface area (Å²) in [6.45, 7) is 2.18. The Labute approximate surface area is 105 Å². The first-order valence-corrected chi connectivity index (χ1v) is 5.64. The van der Waals surface area contributed by atoms with Gasteiger partial charge >= 0.3 is 0 Å². The summed E-state index contributed by atoms with van der Waals surface area (Å²) < 4.78 is 10.5. The number of carbonyl (C=O) groups excluding carboxylic acids is 1. The Morgan fingerprint density at radius 2 is 2.11 bits per heavy atom. The Balaban J connectivity index is 2.31. The van der Waals surface area contributed by atoms with Crippen LogP contribution in [-0.2, 0) is 6.54 Å². The van der Waals surface area contributed by atoms with E-state index in [-0.39, 0.29) is 12.3 Å². The quantitative estimate of drug-likeness (QED) is 0.839. The lowest BCUT2D eigenvalue weighted by atomic mass is 10.1. The molecule has 0 bridgehead atoms. The van der Waals surface area contributed by atoms with Gasteiger partial charge in [-0.3, -0.25) is 4.79 Å². The Bertz CT molecular complexity index is 572. The fourth-order valence-corrected chi connectivity index (χ4v) is 1.77. The van der Waals surface area contributed by atoms with E-state index in [4.69, 9.17) is 14.9 Å². The number of methoxy groups -OCH3 is 1. The predicted molar refractivity (Wildman–Crippen MR) is 67.8 cm³/mol. The van der Waals surface area contributed by atoms with Crippen LogP contribution in [0.2, 0.25) is 0 Å². The minimum absolute atomic E-state index is 0.152. The van der Waals surface area contributed by atoms with Gasteiger partial charge < -0.3 is 14.9 Å². The van der Waals surface area contributed by atoms with E-state index >= 15 is 0 Å². The number of furan rings is 1. The number of aryl methyl sites for hydroxylation is 1. The molecule has 0 amide bonds. The molecule has 1 heterocycles. The molecule has 0 aliphatic rings. The molecule has 2 aromatic rings. The van der Waals surface area contributed by atoms with Crippen molar-refractivity contribution >= 4 is 5.78 Å². The molecule has 2 N–H and O–H groups in total. The van der Waals surface area contributed by atoms with Crippen molar-refractivity contribution in [3.05, 3.63) is 53.0 Å². The lowest BCUT2D eigenvalue weighted by Crippen LogP contribution is -2.01. The largest absolute Gasteiger partial charge is 0.496 e. The number of ketones is 1. The standard InChI is InChI=1S/C14H15NO3/c1-9-7-10(3-5-12(9)17-2)14(16)13-6-4-11(8-15)18-13/h3-7H,8,15H2,1-2H3. The van der Waals surface area contributed by atoms with Crippen LogP contribution >= 0.6 is 0 Å². The molecule has 0 aliphatic carbocycles. The van der Waals surface area contributed by atoms with E-state index in [9.17, 15) is 4.79 Å². The molecule has 0 saturated carbocycles. The SMILES string of the molecule is COc1ccc(C(=O)c2ccc(CN)o2)cc1C. The molecule has 0 atom stereocenters. The van der Waals surface area contributed by atoms with Crippen LogP contribution in [-0.4, -0.2) is 12.9 Å². The number of nitrogens with two attached hydrogens (primary N) is 1. The van der Waals surface area contributed by atoms with Gasteiger partial charge in [-0.1, -0.05) is 0 Å². The van der Waals surface area contributed by atoms with E-state index in [1.54, 1.807) is 37.4 Å². The maximum atomic E-state index is 12.2. The van der Waals surface area contributed by atoms with Gasteiger partial charge in [0.2, 0.25) is 5.78 Å². The zero-order valence-corrected chi connectivity index (χ0v) is 10.4. The molecule has 4 nitrogen and oxygen atoms in total. The summed E-state index contributed by atoms with van der Waals surface area (Å²) in [5, 5.41) is 0. The van der Waals surface area contributed by atoms with Crippen molar-refractivity contribution in [2.75, 3.05) is 7.11 Å². The molecule has 0 spiro atoms. The molecule has 94 valence electrons. The fraction of sp³-hybridized carbons (Fsp3) is 0.214. The molecule has 0 fully saturated rings. The van der Waals surface area contributed by atoms with Crippen LogP contribution in [0, 0.1) is 6.92 Å². The second kappa shape index (κ2) is 5.06. The molecule has 4 heteroatoms. The first kappa shape index (κ1) is 12.4. The van der Waals surface area contributed by atoms with E-state index in [1.165, 1.54) is 0 Å². The highest BCUT2D eigenvalue weighted by Gasteiger charge is 2.14. The summed E-state index contributed by atoms with van der Waals surface area (Å²) in [4.78, 5) is 12.2. The number of hydrogen-bond acceptors (Lipinski definition) is 4. The van der Waals surface area contributed by atoms with Crippen LogP contribution in [0.4, 0.5) is 0 Å². The first-order chi connectivity index (χ1) is 8.65. The van der Waals surface area contributed by atoms with Gasteiger partial charge in [-0.05, 0) is 42.8 Å². The van der Waals surface area contributed by atoms with Gasteiger partial charge in [0.15, 0.2) is 5.76 Å². The summed E-state index contributed by atoms with van der Waals surface area (Å²) in [6.07, 6.45) is 0. The first-order valence-electron chi connectivity index (χ1n) is 5.64. The van der Waals surface area contributed by atoms with Gasteiger partial charge in [0, 0.05) is 5.56 Å². The Morgan fingerprint density at radius 1 is 1.33 bits per heavy atom. The van der Waals surface area contributed by atoms with Crippen LogP contribution < -0.4 is 10.5 Å². The summed E-state index contributed by atoms with van der Waals surface area (Å²) >= 11 is 0. The fourth-order valence-electron chi connectivity index (χ4n) is 1.77. The maximum absolute atomic E-state index is 12.2. The van der Waals surface area contributed by atoms with Gasteiger partial charge in [0.1, 0.15) is 11.5 Å². The van der Waals surface area contributed by atoms with E-state index in [2.05, 4.69) is 0 Å². The molecule has 0 aliphatic heterocycles. The number of rotatable bonds is 4. The number of ether oxygens (including phenoxy) is 1. The Hall–Kier alpha value is -2.07. The van der Waals surface area contributed by atoms with Crippen LogP contribution in [0.5, 0.6) is 5.75 Å². The average Bonchev–Trinajstić information content (AvgIpc) is 2.86. The summed E-state index contributed by atoms with van der Waals surface area (Å²) in [7, 11) is 1.60. The molecule has 0 saturated heterocycles. The summed E-state index contributed by atoms with van der Waals surface area (Å²) in [5.41, 5.74) is 6.93. The monoisotopic (exact) mass is 245 g/mol. The van der Waals surface area contributed by atoms with Gasteiger partial charge in [-0.2, -0.15) is 0 Å². The highest BCUT2D eigenvalue weighted by atomic mass is 16.5. The molecular weight excluding hydrogens is 230 g/mol. The van der Waals surface area contributed by atoms with Crippen LogP contribution in [0.25, 0.3) is 0 Å². The summed E-state index contributed by atoms with van der Waals surface area (Å²) in [6, 6.07) is 8.63. The topological polar surface area (TPSA) is 65.5 Å². The number of hydrogen-bond donors (Lipinski definition) is 1. The number of carbonyl (C=O) groups is 1. The van der Waals surface area contributed by atoms with E-state index in [0.29, 0.717) is 17.1 Å². The van der Waals surface area contributed by atoms with Gasteiger partial charge in [0.25, 0.3) is 0 Å². The van der Waals surface area contributed by atoms with Crippen molar-refractivity contribution in [2.24, 2.45) is 5.73 Å². The molecular formula is C14H15NO3. The second-order valence-electron chi connectivity index (χ2n) is 3.98. The highest BCUT2D eigenvalue weighted by Crippen LogP contribution is 2.21. The lowest BCUT2D eigenvalue weighted by Gasteiger charge is -2.05. The third-order valence-electron chi connectivity index (χ3n) is 2.74. The summed E-state index contributed by atoms with van der Waals surface area (Å²) in [5.74, 6) is 1.51. The van der Waals surface area contributed by atoms with Crippen LogP contribution in [0.15, 0.2) is 34.7 Å². The minimum atomic E-state index is -0.152. The van der Waals surface area contributed by atoms with Gasteiger partial charge in [-0.25, -0.2) is 0 Å². The van der Waals surface area contributed by atoms with Crippen molar-refractivity contribution in [2.45, 2.75) is 13.5 Å². The molecule has 18 heavy (non-hydrogen) atoms. The van der Waals surface area contributed by atoms with Crippen LogP contribution in [0.3, 0.4) is 0 Å². The molecule has 0 unspecified atom stereocenters. The van der Waals surface area contributed by atoms with E-state index in [0.717, 1.165) is 11.3 Å². The van der Waals surface area contributed by atoms with E-state index < -0.39 is 0 Å². The average molecular weight is 245 g/mol. The van der Waals surface area contributed by atoms with Crippen LogP contribution in [0.1, 0.15) is 27.4 Å². The second-order valence-corrected chi connectivity index (χ2v) is 3.98. The number of benzene rings is 1. The smallest absolute Gasteiger partial charge is 0.228 e. The van der Waals surface area contributed by atoms with Crippen molar-refractivity contribution < 1.29 is 13.9 Å². The van der Waals surface area contributed by atoms with Crippen molar-refractivity contribution in [3.8, 4) is 5.75 Å². The molecule has 1 aromatic heterocycles. The Morgan fingerprint density at radius 3 is 2.67 bits per heavy atom. The third-order valence-corrected chi connectivity index (χ3v) is 2.74. The van der Waals surface area contributed by atoms with Crippen molar-refractivity contribution in [1.82, 2.24) is 0 Å². The predicted octanol–water partition coefficient (Wildman–Crippen LogP) is 2.29. The molecule has 0 radical (unpaired) electrons. The Kier molecular flexibility index (Phi) is 3.48. The lowest BCUT2D eigenvalue weighted by molar-refractivity contribution is 0.101. The third kappa shape index (κ3) is 2.28. The zero-order valence-electron chi connectivity index (χ0n) is 10.4. The molecule has 1 aromatic carbocycles. The minimum Gasteiger partial charge on any atom is -0.496 e. The van der Waals surface area contributed by atoms with Gasteiger partial charge in [0.05, 0.1) is 13.7 Å². The van der Waals surface area contributed by atoms with E-state index in [1.807, 2.05) is 6.92 Å². The highest BCUT2D eigenvalue weighted by molar-refractivity contribution is 6.07. The molecule has 2 rings (SSSR count).